The van der Waals surface area contributed by atoms with Gasteiger partial charge in [-0.3, -0.25) is 9.78 Å². The number of sulfonamides is 1. The predicted octanol–water partition coefficient (Wildman–Crippen LogP) is 5.81. The van der Waals surface area contributed by atoms with Crippen LogP contribution in [0.3, 0.4) is 0 Å². The van der Waals surface area contributed by atoms with E-state index >= 15 is 0 Å². The summed E-state index contributed by atoms with van der Waals surface area (Å²) in [6, 6.07) is 17.8. The Labute approximate surface area is 223 Å². The van der Waals surface area contributed by atoms with E-state index < -0.39 is 39.0 Å². The average Bonchev–Trinajstić information content (AvgIpc) is 3.64. The number of aryl methyl sites for hydroxylation is 2. The van der Waals surface area contributed by atoms with Gasteiger partial charge >= 0.3 is 6.18 Å². The summed E-state index contributed by atoms with van der Waals surface area (Å²) >= 11 is 0. The van der Waals surface area contributed by atoms with E-state index in [0.717, 1.165) is 17.7 Å². The number of carbonyl (C=O) groups is 1. The number of carbonyl (C=O) groups excluding carboxylic acids is 1. The van der Waals surface area contributed by atoms with Crippen LogP contribution in [0.5, 0.6) is 5.75 Å². The topological polar surface area (TPSA) is 85.4 Å². The quantitative estimate of drug-likeness (QED) is 0.325. The number of rotatable bonds is 6. The molecule has 1 fully saturated rings. The first-order chi connectivity index (χ1) is 18.4. The van der Waals surface area contributed by atoms with Crippen molar-refractivity contribution in [2.45, 2.75) is 42.7 Å². The number of nitrogens with one attached hydrogen (secondary N) is 1. The summed E-state index contributed by atoms with van der Waals surface area (Å²) in [5.41, 5.74) is 0.774. The molecular formula is C29H25F3N2O4S. The number of halogens is 3. The number of aromatic nitrogens is 1. The van der Waals surface area contributed by atoms with E-state index in [1.807, 2.05) is 6.92 Å². The van der Waals surface area contributed by atoms with E-state index in [2.05, 4.69) is 9.71 Å². The van der Waals surface area contributed by atoms with Gasteiger partial charge in [-0.1, -0.05) is 35.9 Å². The zero-order chi connectivity index (χ0) is 28.2. The summed E-state index contributed by atoms with van der Waals surface area (Å²) in [7, 11) is -2.90. The second-order valence-corrected chi connectivity index (χ2v) is 11.4. The molecule has 5 rings (SSSR count). The van der Waals surface area contributed by atoms with E-state index in [9.17, 15) is 26.4 Å². The van der Waals surface area contributed by atoms with Gasteiger partial charge in [0.2, 0.25) is 5.91 Å². The highest BCUT2D eigenvalue weighted by Crippen LogP contribution is 2.62. The van der Waals surface area contributed by atoms with Crippen molar-refractivity contribution < 1.29 is 31.1 Å². The van der Waals surface area contributed by atoms with Crippen LogP contribution in [0, 0.1) is 13.8 Å². The molecule has 1 aliphatic carbocycles. The molecule has 2 unspecified atom stereocenters. The second-order valence-electron chi connectivity index (χ2n) is 9.76. The van der Waals surface area contributed by atoms with Crippen molar-refractivity contribution in [1.29, 1.82) is 0 Å². The van der Waals surface area contributed by atoms with E-state index in [4.69, 9.17) is 4.74 Å². The zero-order valence-electron chi connectivity index (χ0n) is 21.3. The number of hydrogen-bond donors (Lipinski definition) is 1. The normalized spacial score (nSPS) is 19.1. The van der Waals surface area contributed by atoms with Crippen LogP contribution in [0.1, 0.15) is 40.3 Å². The summed E-state index contributed by atoms with van der Waals surface area (Å²) in [6.45, 7) is 3.61. The minimum atomic E-state index is -4.50. The molecule has 1 saturated carbocycles. The van der Waals surface area contributed by atoms with Crippen molar-refractivity contribution in [2.24, 2.45) is 0 Å². The number of amides is 1. The van der Waals surface area contributed by atoms with Crippen molar-refractivity contribution in [3.05, 3.63) is 101 Å². The smallest absolute Gasteiger partial charge is 0.416 e. The van der Waals surface area contributed by atoms with Gasteiger partial charge < -0.3 is 4.74 Å². The van der Waals surface area contributed by atoms with Crippen LogP contribution in [0.25, 0.3) is 10.9 Å². The van der Waals surface area contributed by atoms with Crippen LogP contribution < -0.4 is 9.46 Å². The Kier molecular flexibility index (Phi) is 6.41. The molecule has 0 saturated heterocycles. The van der Waals surface area contributed by atoms with E-state index in [1.165, 1.54) is 25.3 Å². The van der Waals surface area contributed by atoms with Gasteiger partial charge in [0.1, 0.15) is 5.75 Å². The maximum atomic E-state index is 14.0. The zero-order valence-corrected chi connectivity index (χ0v) is 22.2. The van der Waals surface area contributed by atoms with Gasteiger partial charge in [0.25, 0.3) is 10.0 Å². The van der Waals surface area contributed by atoms with Crippen LogP contribution in [0.2, 0.25) is 0 Å². The average molecular weight is 555 g/mol. The van der Waals surface area contributed by atoms with E-state index in [-0.39, 0.29) is 11.3 Å². The van der Waals surface area contributed by atoms with Crippen LogP contribution >= 0.6 is 0 Å². The highest BCUT2D eigenvalue weighted by molar-refractivity contribution is 7.90. The molecule has 1 aromatic heterocycles. The van der Waals surface area contributed by atoms with Gasteiger partial charge in [-0.15, -0.1) is 0 Å². The standard InChI is InChI=1S/C29H25F3N2O4S/c1-17-7-14-25(38-3)22(15-17)28(16-23(28)19-9-11-20(12-10-19)29(30,31)32)27(35)34-39(36,37)26-6-4-5-24-21(26)13-8-18(2)33-24/h4-15,23H,16H2,1-3H3,(H,34,35). The number of alkyl halides is 3. The largest absolute Gasteiger partial charge is 0.496 e. The Morgan fingerprint density at radius 1 is 1.03 bits per heavy atom. The van der Waals surface area contributed by atoms with Crippen LogP contribution in [-0.4, -0.2) is 26.4 Å². The lowest BCUT2D eigenvalue weighted by Gasteiger charge is -2.22. The number of benzene rings is 3. The molecule has 0 spiro atoms. The second kappa shape index (κ2) is 9.37. The highest BCUT2D eigenvalue weighted by Gasteiger charge is 2.63. The molecule has 1 N–H and O–H groups in total. The Bertz CT molecular complexity index is 1700. The van der Waals surface area contributed by atoms with E-state index in [1.54, 1.807) is 49.4 Å². The van der Waals surface area contributed by atoms with Crippen LogP contribution in [-0.2, 0) is 26.4 Å². The van der Waals surface area contributed by atoms with Crippen molar-refractivity contribution in [3.8, 4) is 5.75 Å². The first-order valence-corrected chi connectivity index (χ1v) is 13.6. The summed E-state index contributed by atoms with van der Waals surface area (Å²) < 4.78 is 74.3. The fourth-order valence-electron chi connectivity index (χ4n) is 5.14. The molecule has 0 bridgehead atoms. The number of hydrogen-bond acceptors (Lipinski definition) is 5. The Morgan fingerprint density at radius 2 is 1.74 bits per heavy atom. The van der Waals surface area contributed by atoms with Gasteiger partial charge in [-0.05, 0) is 68.3 Å². The molecule has 1 amide bonds. The van der Waals surface area contributed by atoms with Crippen LogP contribution in [0.4, 0.5) is 13.2 Å². The molecule has 39 heavy (non-hydrogen) atoms. The third kappa shape index (κ3) is 4.73. The van der Waals surface area contributed by atoms with Gasteiger partial charge in [0.15, 0.2) is 0 Å². The first kappa shape index (κ1) is 26.7. The minimum absolute atomic E-state index is 0.0982. The Hall–Kier alpha value is -3.92. The lowest BCUT2D eigenvalue weighted by molar-refractivity contribution is -0.137. The van der Waals surface area contributed by atoms with Crippen molar-refractivity contribution in [2.75, 3.05) is 7.11 Å². The monoisotopic (exact) mass is 554 g/mol. The number of pyridine rings is 1. The molecule has 10 heteroatoms. The third-order valence-corrected chi connectivity index (χ3v) is 8.58. The minimum Gasteiger partial charge on any atom is -0.496 e. The Balaban J connectivity index is 1.58. The number of fused-ring (bicyclic) bond motifs is 1. The van der Waals surface area contributed by atoms with Crippen molar-refractivity contribution in [1.82, 2.24) is 9.71 Å². The van der Waals surface area contributed by atoms with Gasteiger partial charge in [-0.25, -0.2) is 13.1 Å². The lowest BCUT2D eigenvalue weighted by atomic mass is 9.88. The molecular weight excluding hydrogens is 529 g/mol. The molecule has 4 aromatic rings. The molecule has 1 aliphatic rings. The number of nitrogens with zero attached hydrogens (tertiary/aromatic N) is 1. The highest BCUT2D eigenvalue weighted by atomic mass is 32.2. The molecule has 202 valence electrons. The molecule has 2 atom stereocenters. The summed E-state index contributed by atoms with van der Waals surface area (Å²) in [5, 5.41) is 0.362. The molecule has 1 heterocycles. The summed E-state index contributed by atoms with van der Waals surface area (Å²) in [5.74, 6) is -0.969. The number of ether oxygens (including phenoxy) is 1. The molecule has 3 aromatic carbocycles. The van der Waals surface area contributed by atoms with E-state index in [0.29, 0.717) is 33.5 Å². The van der Waals surface area contributed by atoms with Gasteiger partial charge in [0.05, 0.1) is 28.5 Å². The Morgan fingerprint density at radius 3 is 2.41 bits per heavy atom. The summed E-state index contributed by atoms with van der Waals surface area (Å²) in [4.78, 5) is 18.2. The fraction of sp³-hybridized carbons (Fsp3) is 0.241. The maximum absolute atomic E-state index is 14.0. The predicted molar refractivity (Wildman–Crippen MR) is 140 cm³/mol. The first-order valence-electron chi connectivity index (χ1n) is 12.1. The van der Waals surface area contributed by atoms with Crippen molar-refractivity contribution in [3.63, 3.8) is 0 Å². The molecule has 0 aliphatic heterocycles. The summed E-state index contributed by atoms with van der Waals surface area (Å²) in [6.07, 6.45) is -4.31. The van der Waals surface area contributed by atoms with Crippen molar-refractivity contribution >= 4 is 26.8 Å². The molecule has 0 radical (unpaired) electrons. The lowest BCUT2D eigenvalue weighted by Crippen LogP contribution is -2.40. The maximum Gasteiger partial charge on any atom is 0.416 e. The number of methoxy groups -OCH3 is 1. The molecule has 6 nitrogen and oxygen atoms in total. The van der Waals surface area contributed by atoms with Crippen LogP contribution in [0.15, 0.2) is 77.7 Å². The van der Waals surface area contributed by atoms with Gasteiger partial charge in [0, 0.05) is 22.6 Å². The fourth-order valence-corrected chi connectivity index (χ4v) is 6.40. The third-order valence-electron chi connectivity index (χ3n) is 7.19. The van der Waals surface area contributed by atoms with Gasteiger partial charge in [-0.2, -0.15) is 13.2 Å². The SMILES string of the molecule is COc1ccc(C)cc1C1(C(=O)NS(=O)(=O)c2cccc3nc(C)ccc23)CC1c1ccc(C(F)(F)F)cc1.